The lowest BCUT2D eigenvalue weighted by molar-refractivity contribution is -0.148. The topological polar surface area (TPSA) is 98.3 Å². The zero-order valence-corrected chi connectivity index (χ0v) is 15.3. The number of carboxylic acids is 1. The number of hydrogen-bond donors (Lipinski definition) is 3. The SMILES string of the molecule is CN1[C@H](c2ccccc2Cl)[C@H](C(=O)NCc2ncc[nH]2)C[C@]1(C)C(=O)O. The number of rotatable bonds is 5. The molecular weight excluding hydrogens is 356 g/mol. The van der Waals surface area contributed by atoms with E-state index < -0.39 is 23.5 Å². The second-order valence-corrected chi connectivity index (χ2v) is 7.13. The Kier molecular flexibility index (Phi) is 5.02. The van der Waals surface area contributed by atoms with Crippen molar-refractivity contribution in [2.24, 2.45) is 5.92 Å². The van der Waals surface area contributed by atoms with E-state index in [1.165, 1.54) is 0 Å². The van der Waals surface area contributed by atoms with Crippen molar-refractivity contribution in [3.05, 3.63) is 53.1 Å². The smallest absolute Gasteiger partial charge is 0.323 e. The first-order valence-corrected chi connectivity index (χ1v) is 8.69. The van der Waals surface area contributed by atoms with Crippen LogP contribution in [-0.2, 0) is 16.1 Å². The summed E-state index contributed by atoms with van der Waals surface area (Å²) in [6, 6.07) is 6.80. The molecule has 1 saturated heterocycles. The van der Waals surface area contributed by atoms with Crippen LogP contribution in [0.3, 0.4) is 0 Å². The molecule has 1 aromatic heterocycles. The maximum atomic E-state index is 12.9. The number of halogens is 1. The van der Waals surface area contributed by atoms with Gasteiger partial charge in [-0.2, -0.15) is 0 Å². The molecule has 0 bridgehead atoms. The zero-order chi connectivity index (χ0) is 18.9. The minimum atomic E-state index is -1.16. The molecule has 3 N–H and O–H groups in total. The average molecular weight is 377 g/mol. The van der Waals surface area contributed by atoms with Crippen molar-refractivity contribution in [1.82, 2.24) is 20.2 Å². The first-order chi connectivity index (χ1) is 12.3. The summed E-state index contributed by atoms with van der Waals surface area (Å²) in [5.74, 6) is -1.09. The van der Waals surface area contributed by atoms with Crippen molar-refractivity contribution in [1.29, 1.82) is 0 Å². The molecule has 2 aromatic rings. The minimum absolute atomic E-state index is 0.193. The highest BCUT2D eigenvalue weighted by Gasteiger charge is 2.54. The Hall–Kier alpha value is -2.38. The van der Waals surface area contributed by atoms with Gasteiger partial charge in [0.25, 0.3) is 0 Å². The first-order valence-electron chi connectivity index (χ1n) is 8.31. The normalized spacial score (nSPS) is 26.0. The summed E-state index contributed by atoms with van der Waals surface area (Å²) < 4.78 is 0. The molecule has 1 amide bonds. The Labute approximate surface area is 156 Å². The van der Waals surface area contributed by atoms with Gasteiger partial charge in [0.05, 0.1) is 12.5 Å². The fourth-order valence-electron chi connectivity index (χ4n) is 3.57. The Balaban J connectivity index is 1.90. The number of aliphatic carboxylic acids is 1. The van der Waals surface area contributed by atoms with Gasteiger partial charge >= 0.3 is 5.97 Å². The Morgan fingerprint density at radius 1 is 1.46 bits per heavy atom. The number of hydrogen-bond acceptors (Lipinski definition) is 4. The van der Waals surface area contributed by atoms with Crippen molar-refractivity contribution in [3.63, 3.8) is 0 Å². The van der Waals surface area contributed by atoms with Crippen molar-refractivity contribution < 1.29 is 14.7 Å². The lowest BCUT2D eigenvalue weighted by Crippen LogP contribution is -2.46. The van der Waals surface area contributed by atoms with Gasteiger partial charge in [-0.1, -0.05) is 29.8 Å². The van der Waals surface area contributed by atoms with Crippen molar-refractivity contribution in [2.45, 2.75) is 31.5 Å². The van der Waals surface area contributed by atoms with Crippen LogP contribution in [-0.4, -0.2) is 44.4 Å². The molecule has 138 valence electrons. The van der Waals surface area contributed by atoms with Crippen molar-refractivity contribution >= 4 is 23.5 Å². The van der Waals surface area contributed by atoms with Crippen LogP contribution in [0.25, 0.3) is 0 Å². The quantitative estimate of drug-likeness (QED) is 0.743. The maximum absolute atomic E-state index is 12.9. The van der Waals surface area contributed by atoms with E-state index in [4.69, 9.17) is 11.6 Å². The number of nitrogens with zero attached hydrogens (tertiary/aromatic N) is 2. The molecule has 3 atom stereocenters. The Morgan fingerprint density at radius 2 is 2.19 bits per heavy atom. The molecule has 1 aliphatic rings. The van der Waals surface area contributed by atoms with Crippen LogP contribution >= 0.6 is 11.6 Å². The Bertz CT molecular complexity index is 811. The number of imidazole rings is 1. The van der Waals surface area contributed by atoms with Crippen LogP contribution in [0.1, 0.15) is 30.8 Å². The number of carbonyl (C=O) groups excluding carboxylic acids is 1. The van der Waals surface area contributed by atoms with Crippen LogP contribution in [0.2, 0.25) is 5.02 Å². The van der Waals surface area contributed by atoms with E-state index in [0.29, 0.717) is 10.8 Å². The monoisotopic (exact) mass is 376 g/mol. The number of amides is 1. The molecule has 3 rings (SSSR count). The van der Waals surface area contributed by atoms with E-state index in [2.05, 4.69) is 15.3 Å². The number of likely N-dealkylation sites (N-methyl/N-ethyl adjacent to an activating group) is 1. The maximum Gasteiger partial charge on any atom is 0.323 e. The summed E-state index contributed by atoms with van der Waals surface area (Å²) in [6.45, 7) is 1.89. The number of nitrogens with one attached hydrogen (secondary N) is 2. The van der Waals surface area contributed by atoms with E-state index >= 15 is 0 Å². The minimum Gasteiger partial charge on any atom is -0.480 e. The van der Waals surface area contributed by atoms with Gasteiger partial charge in [-0.25, -0.2) is 4.98 Å². The molecule has 0 unspecified atom stereocenters. The van der Waals surface area contributed by atoms with Gasteiger partial charge in [0.2, 0.25) is 5.91 Å². The largest absolute Gasteiger partial charge is 0.480 e. The van der Waals surface area contributed by atoms with Crippen LogP contribution < -0.4 is 5.32 Å². The average Bonchev–Trinajstić information content (AvgIpc) is 3.21. The van der Waals surface area contributed by atoms with E-state index in [-0.39, 0.29) is 18.9 Å². The van der Waals surface area contributed by atoms with E-state index in [9.17, 15) is 14.7 Å². The number of benzene rings is 1. The van der Waals surface area contributed by atoms with Crippen LogP contribution in [0.15, 0.2) is 36.7 Å². The van der Waals surface area contributed by atoms with Gasteiger partial charge < -0.3 is 15.4 Å². The van der Waals surface area contributed by atoms with Gasteiger partial charge in [-0.3, -0.25) is 14.5 Å². The summed E-state index contributed by atoms with van der Waals surface area (Å²) in [5, 5.41) is 13.1. The second kappa shape index (κ2) is 7.09. The highest BCUT2D eigenvalue weighted by atomic mass is 35.5. The third kappa shape index (κ3) is 3.20. The summed E-state index contributed by atoms with van der Waals surface area (Å²) >= 11 is 6.35. The number of aromatic nitrogens is 2. The third-order valence-electron chi connectivity index (χ3n) is 5.20. The van der Waals surface area contributed by atoms with Crippen molar-refractivity contribution in [3.8, 4) is 0 Å². The summed E-state index contributed by atoms with van der Waals surface area (Å²) in [6.07, 6.45) is 3.48. The number of aromatic amines is 1. The van der Waals surface area contributed by atoms with Crippen LogP contribution in [0.5, 0.6) is 0 Å². The summed E-state index contributed by atoms with van der Waals surface area (Å²) in [7, 11) is 1.72. The first kappa shape index (κ1) is 18.4. The number of carbonyl (C=O) groups is 2. The summed E-state index contributed by atoms with van der Waals surface area (Å²) in [4.78, 5) is 33.5. The molecule has 1 aromatic carbocycles. The zero-order valence-electron chi connectivity index (χ0n) is 14.6. The van der Waals surface area contributed by atoms with Gasteiger partial charge in [-0.05, 0) is 32.0 Å². The van der Waals surface area contributed by atoms with E-state index in [0.717, 1.165) is 5.56 Å². The third-order valence-corrected chi connectivity index (χ3v) is 5.54. The fourth-order valence-corrected chi connectivity index (χ4v) is 3.82. The number of likely N-dealkylation sites (tertiary alicyclic amines) is 1. The summed E-state index contributed by atoms with van der Waals surface area (Å²) in [5.41, 5.74) is -0.406. The van der Waals surface area contributed by atoms with Gasteiger partial charge in [0.1, 0.15) is 11.4 Å². The molecule has 0 radical (unpaired) electrons. The molecule has 7 nitrogen and oxygen atoms in total. The molecule has 26 heavy (non-hydrogen) atoms. The van der Waals surface area contributed by atoms with Crippen molar-refractivity contribution in [2.75, 3.05) is 7.05 Å². The van der Waals surface area contributed by atoms with E-state index in [1.54, 1.807) is 37.3 Å². The van der Waals surface area contributed by atoms with Crippen LogP contribution in [0.4, 0.5) is 0 Å². The van der Waals surface area contributed by atoms with Crippen LogP contribution in [0, 0.1) is 5.92 Å². The molecule has 0 spiro atoms. The second-order valence-electron chi connectivity index (χ2n) is 6.72. The molecule has 0 aliphatic carbocycles. The van der Waals surface area contributed by atoms with Gasteiger partial charge in [0, 0.05) is 23.5 Å². The molecule has 2 heterocycles. The predicted molar refractivity (Wildman–Crippen MR) is 96.5 cm³/mol. The number of carboxylic acid groups (broad SMARTS) is 1. The van der Waals surface area contributed by atoms with Gasteiger partial charge in [0.15, 0.2) is 0 Å². The molecule has 1 aliphatic heterocycles. The number of H-pyrrole nitrogens is 1. The van der Waals surface area contributed by atoms with Gasteiger partial charge in [-0.15, -0.1) is 0 Å². The molecule has 0 saturated carbocycles. The molecule has 8 heteroatoms. The fraction of sp³-hybridized carbons (Fsp3) is 0.389. The molecular formula is C18H21ClN4O3. The lowest BCUT2D eigenvalue weighted by Gasteiger charge is -2.32. The highest BCUT2D eigenvalue weighted by Crippen LogP contribution is 2.47. The standard InChI is InChI=1S/C18H21ClN4O3/c1-18(17(25)26)9-12(16(24)22-10-14-20-7-8-21-14)15(23(18)2)11-5-3-4-6-13(11)19/h3-8,12,15H,9-10H2,1-2H3,(H,20,21)(H,22,24)(H,25,26)/t12-,15-,18-/m1/s1. The molecule has 1 fully saturated rings. The highest BCUT2D eigenvalue weighted by molar-refractivity contribution is 6.31. The predicted octanol–water partition coefficient (Wildman–Crippen LogP) is 2.22. The Morgan fingerprint density at radius 3 is 2.81 bits per heavy atom. The lowest BCUT2D eigenvalue weighted by atomic mass is 9.89. The van der Waals surface area contributed by atoms with E-state index in [1.807, 2.05) is 18.2 Å².